The average molecular weight is 518 g/mol. The molecule has 8 heteroatoms. The Morgan fingerprint density at radius 2 is 2.14 bits per heavy atom. The second-order valence-corrected chi connectivity index (χ2v) is 11.4. The second-order valence-electron chi connectivity index (χ2n) is 10.5. The number of morpholine rings is 1. The molecule has 2 aromatic rings. The van der Waals surface area contributed by atoms with Crippen molar-refractivity contribution in [2.24, 2.45) is 11.7 Å². The quantitative estimate of drug-likeness (QED) is 0.378. The number of rotatable bonds is 11. The van der Waals surface area contributed by atoms with Gasteiger partial charge in [0.1, 0.15) is 11.7 Å². The fourth-order valence-electron chi connectivity index (χ4n) is 5.83. The average Bonchev–Trinajstić information content (AvgIpc) is 3.39. The van der Waals surface area contributed by atoms with Crippen LogP contribution < -0.4 is 11.1 Å². The third-order valence-electron chi connectivity index (χ3n) is 7.86. The summed E-state index contributed by atoms with van der Waals surface area (Å²) in [5.41, 5.74) is 6.05. The molecule has 2 fully saturated rings. The van der Waals surface area contributed by atoms with E-state index in [0.717, 1.165) is 34.9 Å². The van der Waals surface area contributed by atoms with Crippen LogP contribution in [0.3, 0.4) is 0 Å². The number of nitrogens with one attached hydrogen (secondary N) is 1. The van der Waals surface area contributed by atoms with Crippen LogP contribution in [0.25, 0.3) is 10.1 Å². The highest BCUT2D eigenvalue weighted by atomic mass is 32.1. The summed E-state index contributed by atoms with van der Waals surface area (Å²) in [5.74, 6) is 0.687. The van der Waals surface area contributed by atoms with Gasteiger partial charge in [0, 0.05) is 43.1 Å². The van der Waals surface area contributed by atoms with Crippen LogP contribution in [0.4, 0.5) is 4.79 Å². The molecule has 0 bridgehead atoms. The zero-order valence-corrected chi connectivity index (χ0v) is 22.4. The molecule has 2 aliphatic rings. The Balaban J connectivity index is 1.41. The van der Waals surface area contributed by atoms with E-state index < -0.39 is 11.7 Å². The topological polar surface area (TPSA) is 97.1 Å². The number of hydrogen-bond donors (Lipinski definition) is 3. The molecule has 3 atom stereocenters. The minimum Gasteiger partial charge on any atom is -0.385 e. The Morgan fingerprint density at radius 3 is 2.94 bits per heavy atom. The van der Waals surface area contributed by atoms with E-state index in [-0.39, 0.29) is 12.1 Å². The molecule has 1 saturated heterocycles. The molecule has 1 saturated carbocycles. The number of carbonyl (C=O) groups excluding carboxylic acids is 1. The number of amides is 2. The number of nitrogens with two attached hydrogens (primary N) is 1. The van der Waals surface area contributed by atoms with Crippen molar-refractivity contribution in [2.45, 2.75) is 75.5 Å². The van der Waals surface area contributed by atoms with E-state index in [1.807, 2.05) is 12.1 Å². The van der Waals surface area contributed by atoms with Crippen LogP contribution in [0.15, 0.2) is 29.6 Å². The fourth-order valence-corrected chi connectivity index (χ4v) is 6.83. The van der Waals surface area contributed by atoms with Gasteiger partial charge in [-0.2, -0.15) is 0 Å². The third-order valence-corrected chi connectivity index (χ3v) is 8.83. The third kappa shape index (κ3) is 6.78. The zero-order valence-electron chi connectivity index (χ0n) is 21.6. The summed E-state index contributed by atoms with van der Waals surface area (Å²) in [6.07, 6.45) is 9.10. The predicted molar refractivity (Wildman–Crippen MR) is 145 cm³/mol. The van der Waals surface area contributed by atoms with Gasteiger partial charge in [-0.05, 0) is 48.4 Å². The van der Waals surface area contributed by atoms with Gasteiger partial charge in [-0.25, -0.2) is 4.79 Å². The highest BCUT2D eigenvalue weighted by Crippen LogP contribution is 2.40. The van der Waals surface area contributed by atoms with Crippen molar-refractivity contribution in [3.05, 3.63) is 35.2 Å². The lowest BCUT2D eigenvalue weighted by molar-refractivity contribution is -0.145. The van der Waals surface area contributed by atoms with Crippen molar-refractivity contribution < 1.29 is 19.4 Å². The van der Waals surface area contributed by atoms with Gasteiger partial charge >= 0.3 is 6.03 Å². The lowest BCUT2D eigenvalue weighted by atomic mass is 9.82. The maximum atomic E-state index is 13.1. The molecule has 4 rings (SSSR count). The Bertz CT molecular complexity index is 963. The summed E-state index contributed by atoms with van der Waals surface area (Å²) in [6.45, 7) is 2.37. The van der Waals surface area contributed by atoms with Crippen molar-refractivity contribution in [3.8, 4) is 0 Å². The lowest BCUT2D eigenvalue weighted by Crippen LogP contribution is -2.57. The van der Waals surface area contributed by atoms with Gasteiger partial charge in [-0.15, -0.1) is 11.3 Å². The Morgan fingerprint density at radius 1 is 1.31 bits per heavy atom. The van der Waals surface area contributed by atoms with Gasteiger partial charge in [0.15, 0.2) is 0 Å². The van der Waals surface area contributed by atoms with E-state index in [1.165, 1.54) is 32.1 Å². The van der Waals surface area contributed by atoms with E-state index in [0.29, 0.717) is 45.2 Å². The number of hydrogen-bond acceptors (Lipinski definition) is 6. The molecule has 2 amide bonds. The molecule has 200 valence electrons. The van der Waals surface area contributed by atoms with Crippen LogP contribution >= 0.6 is 11.3 Å². The number of thiophene rings is 1. The Hall–Kier alpha value is -1.71. The first kappa shape index (κ1) is 27.3. The molecule has 3 unspecified atom stereocenters. The standard InChI is InChI=1S/C28H43N3O4S/c1-34-15-6-5-13-28(33,24-11-7-10-22-12-17-36-26(22)24)25-20-31(14-16-35-25)27(32)30-19-23(29)18-21-8-3-2-4-9-21/h7,10-12,17,21,23,25,33H,2-6,8-9,13-16,18-20,29H2,1H3,(H,30,32). The van der Waals surface area contributed by atoms with Crippen molar-refractivity contribution in [1.82, 2.24) is 10.2 Å². The summed E-state index contributed by atoms with van der Waals surface area (Å²) in [4.78, 5) is 14.9. The van der Waals surface area contributed by atoms with E-state index in [1.54, 1.807) is 23.3 Å². The molecule has 0 radical (unpaired) electrons. The maximum Gasteiger partial charge on any atom is 0.317 e. The van der Waals surface area contributed by atoms with Crippen LogP contribution in [0.2, 0.25) is 0 Å². The normalized spacial score (nSPS) is 21.9. The molecule has 1 aliphatic heterocycles. The molecule has 2 heterocycles. The van der Waals surface area contributed by atoms with E-state index in [2.05, 4.69) is 22.8 Å². The molecule has 1 aliphatic carbocycles. The minimum absolute atomic E-state index is 0.0250. The van der Waals surface area contributed by atoms with Crippen molar-refractivity contribution in [1.29, 1.82) is 0 Å². The van der Waals surface area contributed by atoms with Crippen LogP contribution in [0, 0.1) is 5.92 Å². The number of carbonyl (C=O) groups is 1. The predicted octanol–water partition coefficient (Wildman–Crippen LogP) is 4.61. The molecule has 7 nitrogen and oxygen atoms in total. The molecule has 36 heavy (non-hydrogen) atoms. The van der Waals surface area contributed by atoms with Crippen LogP contribution in [-0.2, 0) is 15.1 Å². The maximum absolute atomic E-state index is 13.1. The molecular formula is C28H43N3O4S. The van der Waals surface area contributed by atoms with Crippen LogP contribution in [0.5, 0.6) is 0 Å². The van der Waals surface area contributed by atoms with Crippen molar-refractivity contribution >= 4 is 27.5 Å². The number of aliphatic hydroxyl groups is 1. The van der Waals surface area contributed by atoms with Crippen molar-refractivity contribution in [3.63, 3.8) is 0 Å². The van der Waals surface area contributed by atoms with Gasteiger partial charge in [0.2, 0.25) is 0 Å². The number of unbranched alkanes of at least 4 members (excludes halogenated alkanes) is 1. The number of ether oxygens (including phenoxy) is 2. The minimum atomic E-state index is -1.20. The number of benzene rings is 1. The van der Waals surface area contributed by atoms with E-state index in [9.17, 15) is 9.90 Å². The second kappa shape index (κ2) is 13.2. The molecule has 1 aromatic carbocycles. The molecule has 0 spiro atoms. The lowest BCUT2D eigenvalue weighted by Gasteiger charge is -2.42. The number of methoxy groups -OCH3 is 1. The molecular weight excluding hydrogens is 474 g/mol. The first-order valence-corrected chi connectivity index (χ1v) is 14.5. The SMILES string of the molecule is COCCCCC(O)(c1cccc2ccsc12)C1CN(C(=O)NCC(N)CC2CCCCC2)CCO1. The van der Waals surface area contributed by atoms with Gasteiger partial charge in [-0.1, -0.05) is 50.3 Å². The first-order valence-electron chi connectivity index (χ1n) is 13.6. The highest BCUT2D eigenvalue weighted by molar-refractivity contribution is 7.17. The van der Waals surface area contributed by atoms with Crippen molar-refractivity contribution in [2.75, 3.05) is 40.0 Å². The largest absolute Gasteiger partial charge is 0.385 e. The van der Waals surface area contributed by atoms with Crippen LogP contribution in [0.1, 0.15) is 63.4 Å². The Kier molecular flexibility index (Phi) is 10.0. The summed E-state index contributed by atoms with van der Waals surface area (Å²) in [7, 11) is 1.69. The summed E-state index contributed by atoms with van der Waals surface area (Å²) >= 11 is 1.63. The monoisotopic (exact) mass is 517 g/mol. The van der Waals surface area contributed by atoms with Crippen LogP contribution in [-0.4, -0.2) is 68.1 Å². The van der Waals surface area contributed by atoms with E-state index >= 15 is 0 Å². The summed E-state index contributed by atoms with van der Waals surface area (Å²) in [6, 6.07) is 7.99. The summed E-state index contributed by atoms with van der Waals surface area (Å²) in [5, 5.41) is 18.4. The number of fused-ring (bicyclic) bond motifs is 1. The first-order chi connectivity index (χ1) is 17.5. The summed E-state index contributed by atoms with van der Waals surface area (Å²) < 4.78 is 12.5. The molecule has 4 N–H and O–H groups in total. The van der Waals surface area contributed by atoms with Gasteiger partial charge in [-0.3, -0.25) is 0 Å². The Labute approximate surface area is 219 Å². The highest BCUT2D eigenvalue weighted by Gasteiger charge is 2.43. The smallest absolute Gasteiger partial charge is 0.317 e. The number of urea groups is 1. The number of nitrogens with zero attached hydrogens (tertiary/aromatic N) is 1. The van der Waals surface area contributed by atoms with Gasteiger partial charge < -0.3 is 30.5 Å². The van der Waals surface area contributed by atoms with Gasteiger partial charge in [0.25, 0.3) is 0 Å². The van der Waals surface area contributed by atoms with Gasteiger partial charge in [0.05, 0.1) is 13.2 Å². The molecule has 1 aromatic heterocycles. The fraction of sp³-hybridized carbons (Fsp3) is 0.679. The zero-order chi connectivity index (χ0) is 25.4. The van der Waals surface area contributed by atoms with E-state index in [4.69, 9.17) is 15.2 Å².